The summed E-state index contributed by atoms with van der Waals surface area (Å²) in [5, 5.41) is 9.95. The van der Waals surface area contributed by atoms with Gasteiger partial charge in [0.1, 0.15) is 5.75 Å². The van der Waals surface area contributed by atoms with Crippen LogP contribution in [0.3, 0.4) is 0 Å². The van der Waals surface area contributed by atoms with Crippen LogP contribution < -0.4 is 15.4 Å². The number of anilines is 1. The van der Waals surface area contributed by atoms with Crippen molar-refractivity contribution in [1.82, 2.24) is 15.1 Å². The Morgan fingerprint density at radius 2 is 2.00 bits per heavy atom. The number of carbonyl (C=O) groups is 1. The number of unbranched alkanes of at least 4 members (excludes halogenated alkanes) is 2. The van der Waals surface area contributed by atoms with Gasteiger partial charge in [-0.05, 0) is 55.9 Å². The summed E-state index contributed by atoms with van der Waals surface area (Å²) >= 11 is 5.17. The highest BCUT2D eigenvalue weighted by Crippen LogP contribution is 2.16. The number of nitrogens with one attached hydrogen (secondary N) is 2. The molecule has 0 radical (unpaired) electrons. The van der Waals surface area contributed by atoms with Crippen molar-refractivity contribution in [2.45, 2.75) is 33.1 Å². The lowest BCUT2D eigenvalue weighted by atomic mass is 10.2. The minimum absolute atomic E-state index is 0.227. The van der Waals surface area contributed by atoms with Crippen LogP contribution in [0.25, 0.3) is 0 Å². The molecule has 2 aromatic rings. The highest BCUT2D eigenvalue weighted by atomic mass is 32.1. The number of ether oxygens (including phenoxy) is 1. The fourth-order valence-electron chi connectivity index (χ4n) is 2.18. The van der Waals surface area contributed by atoms with Crippen LogP contribution >= 0.6 is 12.2 Å². The average molecular weight is 360 g/mol. The largest absolute Gasteiger partial charge is 0.494 e. The van der Waals surface area contributed by atoms with Crippen molar-refractivity contribution in [2.75, 3.05) is 11.9 Å². The third kappa shape index (κ3) is 5.86. The summed E-state index contributed by atoms with van der Waals surface area (Å²) in [6, 6.07) is 9.18. The van der Waals surface area contributed by atoms with E-state index < -0.39 is 0 Å². The van der Waals surface area contributed by atoms with Gasteiger partial charge in [0.15, 0.2) is 10.8 Å². The summed E-state index contributed by atoms with van der Waals surface area (Å²) < 4.78 is 7.31. The lowest BCUT2D eigenvalue weighted by molar-refractivity contribution is 0.0972. The van der Waals surface area contributed by atoms with Gasteiger partial charge in [-0.25, -0.2) is 0 Å². The predicted molar refractivity (Wildman–Crippen MR) is 103 cm³/mol. The van der Waals surface area contributed by atoms with E-state index in [1.807, 2.05) is 31.2 Å². The molecule has 0 saturated heterocycles. The Labute approximate surface area is 153 Å². The maximum absolute atomic E-state index is 12.1. The predicted octanol–water partition coefficient (Wildman–Crippen LogP) is 3.42. The Morgan fingerprint density at radius 3 is 2.60 bits per heavy atom. The van der Waals surface area contributed by atoms with Crippen molar-refractivity contribution in [2.24, 2.45) is 7.05 Å². The van der Waals surface area contributed by atoms with Crippen molar-refractivity contribution in [3.8, 4) is 5.75 Å². The number of aryl methyl sites for hydroxylation is 2. The molecule has 0 bridgehead atoms. The normalized spacial score (nSPS) is 10.4. The van der Waals surface area contributed by atoms with E-state index >= 15 is 0 Å². The van der Waals surface area contributed by atoms with Gasteiger partial charge in [-0.2, -0.15) is 5.10 Å². The van der Waals surface area contributed by atoms with Gasteiger partial charge in [-0.15, -0.1) is 0 Å². The fraction of sp³-hybridized carbons (Fsp3) is 0.389. The number of hydrogen-bond donors (Lipinski definition) is 2. The summed E-state index contributed by atoms with van der Waals surface area (Å²) in [6.07, 6.45) is 3.40. The second-order valence-corrected chi connectivity index (χ2v) is 6.19. The van der Waals surface area contributed by atoms with E-state index in [4.69, 9.17) is 17.0 Å². The van der Waals surface area contributed by atoms with Crippen LogP contribution in [0.1, 0.15) is 42.4 Å². The van der Waals surface area contributed by atoms with Gasteiger partial charge < -0.3 is 10.1 Å². The third-order valence-electron chi connectivity index (χ3n) is 3.70. The first kappa shape index (κ1) is 18.9. The smallest absolute Gasteiger partial charge is 0.277 e. The molecule has 134 valence electrons. The van der Waals surface area contributed by atoms with Gasteiger partial charge in [-0.3, -0.25) is 14.8 Å². The average Bonchev–Trinajstić information content (AvgIpc) is 2.92. The number of nitrogens with zero attached hydrogens (tertiary/aromatic N) is 2. The molecule has 0 unspecified atom stereocenters. The first-order valence-electron chi connectivity index (χ1n) is 8.35. The molecule has 1 aromatic carbocycles. The molecular weight excluding hydrogens is 336 g/mol. The van der Waals surface area contributed by atoms with E-state index in [1.165, 1.54) is 12.8 Å². The molecule has 1 amide bonds. The highest BCUT2D eigenvalue weighted by Gasteiger charge is 2.12. The van der Waals surface area contributed by atoms with Crippen molar-refractivity contribution in [1.29, 1.82) is 0 Å². The zero-order valence-electron chi connectivity index (χ0n) is 14.8. The Morgan fingerprint density at radius 1 is 1.28 bits per heavy atom. The minimum atomic E-state index is -0.336. The molecule has 7 heteroatoms. The lowest BCUT2D eigenvalue weighted by Crippen LogP contribution is -2.34. The number of rotatable bonds is 7. The molecule has 0 spiro atoms. The molecule has 6 nitrogen and oxygen atoms in total. The van der Waals surface area contributed by atoms with Crippen LogP contribution in [-0.2, 0) is 7.05 Å². The molecule has 2 rings (SSSR count). The zero-order chi connectivity index (χ0) is 18.2. The van der Waals surface area contributed by atoms with Crippen LogP contribution in [0.2, 0.25) is 0 Å². The first-order chi connectivity index (χ1) is 12.0. The number of hydrogen-bond acceptors (Lipinski definition) is 4. The molecule has 0 saturated carbocycles. The zero-order valence-corrected chi connectivity index (χ0v) is 15.7. The molecule has 0 fully saturated rings. The van der Waals surface area contributed by atoms with E-state index in [0.29, 0.717) is 5.69 Å². The molecule has 0 aliphatic carbocycles. The van der Waals surface area contributed by atoms with Crippen molar-refractivity contribution in [3.05, 3.63) is 41.7 Å². The van der Waals surface area contributed by atoms with Gasteiger partial charge in [0.2, 0.25) is 0 Å². The molecule has 2 N–H and O–H groups in total. The Balaban J connectivity index is 1.82. The Kier molecular flexibility index (Phi) is 6.94. The highest BCUT2D eigenvalue weighted by molar-refractivity contribution is 7.80. The molecule has 1 heterocycles. The number of aromatic nitrogens is 2. The van der Waals surface area contributed by atoms with Crippen LogP contribution in [0, 0.1) is 6.92 Å². The number of carbonyl (C=O) groups excluding carboxylic acids is 1. The lowest BCUT2D eigenvalue weighted by Gasteiger charge is -2.10. The van der Waals surface area contributed by atoms with Crippen LogP contribution in [0.4, 0.5) is 5.69 Å². The summed E-state index contributed by atoms with van der Waals surface area (Å²) in [6.45, 7) is 4.77. The van der Waals surface area contributed by atoms with Gasteiger partial charge >= 0.3 is 0 Å². The molecule has 1 aromatic heterocycles. The van der Waals surface area contributed by atoms with E-state index in [-0.39, 0.29) is 11.0 Å². The second-order valence-electron chi connectivity index (χ2n) is 5.78. The van der Waals surface area contributed by atoms with Gasteiger partial charge in [-0.1, -0.05) is 19.8 Å². The quantitative estimate of drug-likeness (QED) is 0.585. The number of amides is 1. The minimum Gasteiger partial charge on any atom is -0.494 e. The standard InChI is InChI=1S/C18H24N4O2S/c1-4-5-6-11-24-15-9-7-14(8-10-15)19-18(25)20-17(23)16-12-13(2)22(3)21-16/h7-10,12H,4-6,11H2,1-3H3,(H2,19,20,23,25). The molecule has 0 aliphatic rings. The second kappa shape index (κ2) is 9.17. The molecule has 25 heavy (non-hydrogen) atoms. The first-order valence-corrected chi connectivity index (χ1v) is 8.76. The van der Waals surface area contributed by atoms with Gasteiger partial charge in [0.25, 0.3) is 5.91 Å². The monoisotopic (exact) mass is 360 g/mol. The van der Waals surface area contributed by atoms with Gasteiger partial charge in [0.05, 0.1) is 6.61 Å². The van der Waals surface area contributed by atoms with Crippen LogP contribution in [0.15, 0.2) is 30.3 Å². The van der Waals surface area contributed by atoms with E-state index in [1.54, 1.807) is 17.8 Å². The van der Waals surface area contributed by atoms with Crippen molar-refractivity contribution >= 4 is 28.9 Å². The van der Waals surface area contributed by atoms with Gasteiger partial charge in [0, 0.05) is 18.4 Å². The number of benzene rings is 1. The van der Waals surface area contributed by atoms with Crippen molar-refractivity contribution in [3.63, 3.8) is 0 Å². The fourth-order valence-corrected chi connectivity index (χ4v) is 2.39. The van der Waals surface area contributed by atoms with E-state index in [2.05, 4.69) is 22.7 Å². The molecule has 0 aliphatic heterocycles. The SMILES string of the molecule is CCCCCOc1ccc(NC(=S)NC(=O)c2cc(C)n(C)n2)cc1. The van der Waals surface area contributed by atoms with E-state index in [9.17, 15) is 4.79 Å². The van der Waals surface area contributed by atoms with Crippen molar-refractivity contribution < 1.29 is 9.53 Å². The van der Waals surface area contributed by atoms with Crippen LogP contribution in [0.5, 0.6) is 5.75 Å². The molecular formula is C18H24N4O2S. The molecule has 0 atom stereocenters. The van der Waals surface area contributed by atoms with Crippen LogP contribution in [-0.4, -0.2) is 27.4 Å². The summed E-state index contributed by atoms with van der Waals surface area (Å²) in [5.41, 5.74) is 2.02. The third-order valence-corrected chi connectivity index (χ3v) is 3.91. The maximum Gasteiger partial charge on any atom is 0.277 e. The Hall–Kier alpha value is -2.41. The Bertz CT molecular complexity index is 706. The summed E-state index contributed by atoms with van der Waals surface area (Å²) in [4.78, 5) is 12.1. The maximum atomic E-state index is 12.1. The number of thiocarbonyl (C=S) groups is 1. The van der Waals surface area contributed by atoms with E-state index in [0.717, 1.165) is 30.2 Å². The topological polar surface area (TPSA) is 68.2 Å². The summed E-state index contributed by atoms with van der Waals surface area (Å²) in [5.74, 6) is 0.484. The summed E-state index contributed by atoms with van der Waals surface area (Å²) in [7, 11) is 1.79.